The highest BCUT2D eigenvalue weighted by atomic mass is 16.4. The average Bonchev–Trinajstić information content (AvgIpc) is 3.18. The summed E-state index contributed by atoms with van der Waals surface area (Å²) in [6, 6.07) is 0.372. The first kappa shape index (κ1) is 16.7. The van der Waals surface area contributed by atoms with Crippen LogP contribution < -0.4 is 5.32 Å². The summed E-state index contributed by atoms with van der Waals surface area (Å²) in [6.45, 7) is 2.24. The zero-order valence-corrected chi connectivity index (χ0v) is 14.1. The third kappa shape index (κ3) is 4.46. The van der Waals surface area contributed by atoms with E-state index in [-0.39, 0.29) is 5.91 Å². The Morgan fingerprint density at radius 3 is 2.52 bits per heavy atom. The molecule has 23 heavy (non-hydrogen) atoms. The number of nitrogens with zero attached hydrogens (tertiary/aromatic N) is 1. The fraction of sp³-hybridized carbons (Fsp3) is 0.889. The van der Waals surface area contributed by atoms with E-state index in [1.54, 1.807) is 0 Å². The highest BCUT2D eigenvalue weighted by molar-refractivity contribution is 5.76. The number of carbonyl (C=O) groups excluding carboxylic acids is 1. The van der Waals surface area contributed by atoms with Crippen LogP contribution in [0, 0.1) is 11.3 Å². The number of rotatable bonds is 7. The molecule has 5 heteroatoms. The van der Waals surface area contributed by atoms with E-state index in [0.717, 1.165) is 38.6 Å². The van der Waals surface area contributed by atoms with Crippen molar-refractivity contribution in [2.75, 3.05) is 19.6 Å². The molecule has 3 aliphatic rings. The Labute approximate surface area is 138 Å². The van der Waals surface area contributed by atoms with Crippen LogP contribution in [0.5, 0.6) is 0 Å². The van der Waals surface area contributed by atoms with Gasteiger partial charge >= 0.3 is 5.97 Å². The lowest BCUT2D eigenvalue weighted by atomic mass is 9.75. The van der Waals surface area contributed by atoms with Gasteiger partial charge in [0.2, 0.25) is 5.91 Å². The molecule has 2 aliphatic carbocycles. The normalized spacial score (nSPS) is 29.6. The lowest BCUT2D eigenvalue weighted by Crippen LogP contribution is -2.49. The zero-order valence-electron chi connectivity index (χ0n) is 14.1. The van der Waals surface area contributed by atoms with Crippen LogP contribution >= 0.6 is 0 Å². The summed E-state index contributed by atoms with van der Waals surface area (Å²) in [7, 11) is 0. The summed E-state index contributed by atoms with van der Waals surface area (Å²) in [6.07, 6.45) is 10.1. The van der Waals surface area contributed by atoms with Crippen molar-refractivity contribution in [3.63, 3.8) is 0 Å². The van der Waals surface area contributed by atoms with Crippen LogP contribution in [-0.4, -0.2) is 47.6 Å². The summed E-state index contributed by atoms with van der Waals surface area (Å²) in [4.78, 5) is 26.1. The number of carboxylic acids is 1. The van der Waals surface area contributed by atoms with Gasteiger partial charge in [-0.3, -0.25) is 9.59 Å². The molecule has 2 N–H and O–H groups in total. The lowest BCUT2D eigenvalue weighted by Gasteiger charge is -2.40. The number of likely N-dealkylation sites (tertiary alicyclic amines) is 1. The Balaban J connectivity index is 1.47. The minimum absolute atomic E-state index is 0.130. The Hall–Kier alpha value is -1.10. The summed E-state index contributed by atoms with van der Waals surface area (Å²) in [5.41, 5.74) is -0.568. The molecule has 130 valence electrons. The Kier molecular flexibility index (Phi) is 5.24. The molecule has 0 aromatic heterocycles. The zero-order chi connectivity index (χ0) is 16.3. The van der Waals surface area contributed by atoms with Crippen LogP contribution in [0.3, 0.4) is 0 Å². The molecule has 1 aliphatic heterocycles. The number of hydrogen-bond donors (Lipinski definition) is 2. The third-order valence-electron chi connectivity index (χ3n) is 5.86. The first-order valence-electron chi connectivity index (χ1n) is 9.32. The highest BCUT2D eigenvalue weighted by Gasteiger charge is 2.45. The molecule has 0 aromatic carbocycles. The van der Waals surface area contributed by atoms with Gasteiger partial charge in [0.1, 0.15) is 0 Å². The molecule has 1 heterocycles. The number of aliphatic carboxylic acids is 1. The fourth-order valence-electron chi connectivity index (χ4n) is 4.35. The third-order valence-corrected chi connectivity index (χ3v) is 5.86. The molecule has 3 fully saturated rings. The van der Waals surface area contributed by atoms with Crippen LogP contribution in [-0.2, 0) is 9.59 Å². The predicted octanol–water partition coefficient (Wildman–Crippen LogP) is 2.40. The number of hydrogen-bond acceptors (Lipinski definition) is 3. The van der Waals surface area contributed by atoms with Crippen molar-refractivity contribution < 1.29 is 14.7 Å². The smallest absolute Gasteiger partial charge is 0.310 e. The van der Waals surface area contributed by atoms with E-state index in [1.165, 1.54) is 25.7 Å². The molecule has 1 atom stereocenters. The molecule has 1 amide bonds. The van der Waals surface area contributed by atoms with Crippen LogP contribution in [0.2, 0.25) is 0 Å². The second-order valence-corrected chi connectivity index (χ2v) is 7.91. The van der Waals surface area contributed by atoms with Crippen molar-refractivity contribution in [3.8, 4) is 0 Å². The predicted molar refractivity (Wildman–Crippen MR) is 88.1 cm³/mol. The Morgan fingerprint density at radius 1 is 1.13 bits per heavy atom. The van der Waals surface area contributed by atoms with Crippen LogP contribution in [0.4, 0.5) is 0 Å². The molecule has 0 bridgehead atoms. The van der Waals surface area contributed by atoms with Crippen molar-refractivity contribution in [2.45, 2.75) is 70.3 Å². The summed E-state index contributed by atoms with van der Waals surface area (Å²) < 4.78 is 0. The van der Waals surface area contributed by atoms with Crippen LogP contribution in [0.1, 0.15) is 64.2 Å². The maximum absolute atomic E-state index is 12.1. The van der Waals surface area contributed by atoms with E-state index in [0.29, 0.717) is 31.5 Å². The monoisotopic (exact) mass is 322 g/mol. The molecular weight excluding hydrogens is 292 g/mol. The summed E-state index contributed by atoms with van der Waals surface area (Å²) in [5, 5.41) is 12.9. The van der Waals surface area contributed by atoms with Crippen molar-refractivity contribution in [3.05, 3.63) is 0 Å². The van der Waals surface area contributed by atoms with Crippen LogP contribution in [0.25, 0.3) is 0 Å². The molecule has 0 spiro atoms. The molecule has 2 saturated carbocycles. The molecule has 5 nitrogen and oxygen atoms in total. The van der Waals surface area contributed by atoms with Crippen molar-refractivity contribution in [2.24, 2.45) is 11.3 Å². The number of piperidine rings is 1. The summed E-state index contributed by atoms with van der Waals surface area (Å²) >= 11 is 0. The topological polar surface area (TPSA) is 69.6 Å². The van der Waals surface area contributed by atoms with Crippen molar-refractivity contribution in [1.82, 2.24) is 10.2 Å². The van der Waals surface area contributed by atoms with Gasteiger partial charge in [-0.2, -0.15) is 0 Å². The van der Waals surface area contributed by atoms with Crippen LogP contribution in [0.15, 0.2) is 0 Å². The number of carboxylic acid groups (broad SMARTS) is 1. The minimum Gasteiger partial charge on any atom is -0.481 e. The lowest BCUT2D eigenvalue weighted by molar-refractivity contribution is -0.153. The van der Waals surface area contributed by atoms with E-state index >= 15 is 0 Å². The van der Waals surface area contributed by atoms with E-state index in [1.807, 2.05) is 0 Å². The van der Waals surface area contributed by atoms with Gasteiger partial charge in [0, 0.05) is 25.6 Å². The fourth-order valence-corrected chi connectivity index (χ4v) is 4.35. The number of amides is 1. The SMILES string of the molecule is O=C(CCN1CCCC(CC2CC2)(C(=O)O)C1)NC1CCCC1. The first-order chi connectivity index (χ1) is 11.1. The highest BCUT2D eigenvalue weighted by Crippen LogP contribution is 2.44. The van der Waals surface area contributed by atoms with Gasteiger partial charge in [-0.15, -0.1) is 0 Å². The second kappa shape index (κ2) is 7.20. The van der Waals surface area contributed by atoms with E-state index in [4.69, 9.17) is 0 Å². The number of nitrogens with one attached hydrogen (secondary N) is 1. The molecule has 0 radical (unpaired) electrons. The second-order valence-electron chi connectivity index (χ2n) is 7.91. The van der Waals surface area contributed by atoms with E-state index in [2.05, 4.69) is 10.2 Å². The van der Waals surface area contributed by atoms with E-state index in [9.17, 15) is 14.7 Å². The van der Waals surface area contributed by atoms with Gasteiger partial charge in [-0.25, -0.2) is 0 Å². The Bertz CT molecular complexity index is 444. The Morgan fingerprint density at radius 2 is 1.87 bits per heavy atom. The summed E-state index contributed by atoms with van der Waals surface area (Å²) in [5.74, 6) is 0.117. The van der Waals surface area contributed by atoms with Gasteiger partial charge in [-0.05, 0) is 44.6 Å². The standard InChI is InChI=1S/C18H30N2O3/c21-16(19-15-4-1-2-5-15)8-11-20-10-3-9-18(13-20,17(22)23)12-14-6-7-14/h14-15H,1-13H2,(H,19,21)(H,22,23). The van der Waals surface area contributed by atoms with E-state index < -0.39 is 11.4 Å². The minimum atomic E-state index is -0.635. The average molecular weight is 322 g/mol. The first-order valence-corrected chi connectivity index (χ1v) is 9.32. The molecule has 3 rings (SSSR count). The van der Waals surface area contributed by atoms with Gasteiger partial charge < -0.3 is 15.3 Å². The van der Waals surface area contributed by atoms with Gasteiger partial charge in [0.05, 0.1) is 5.41 Å². The molecule has 0 aromatic rings. The molecule has 1 saturated heterocycles. The maximum Gasteiger partial charge on any atom is 0.310 e. The molecule has 1 unspecified atom stereocenters. The largest absolute Gasteiger partial charge is 0.481 e. The molecular formula is C18H30N2O3. The van der Waals surface area contributed by atoms with Gasteiger partial charge in [-0.1, -0.05) is 25.7 Å². The van der Waals surface area contributed by atoms with Gasteiger partial charge in [0.25, 0.3) is 0 Å². The maximum atomic E-state index is 12.1. The van der Waals surface area contributed by atoms with Gasteiger partial charge in [0.15, 0.2) is 0 Å². The van der Waals surface area contributed by atoms with Crippen molar-refractivity contribution >= 4 is 11.9 Å². The quantitative estimate of drug-likeness (QED) is 0.755. The number of carbonyl (C=O) groups is 2. The van der Waals surface area contributed by atoms with Crippen molar-refractivity contribution in [1.29, 1.82) is 0 Å².